The lowest BCUT2D eigenvalue weighted by Crippen LogP contribution is -2.32. The highest BCUT2D eigenvalue weighted by Gasteiger charge is 2.30. The van der Waals surface area contributed by atoms with E-state index in [0.717, 1.165) is 30.7 Å². The van der Waals surface area contributed by atoms with Gasteiger partial charge >= 0.3 is 5.97 Å². The summed E-state index contributed by atoms with van der Waals surface area (Å²) in [5.74, 6) is -0.191. The Morgan fingerprint density at radius 2 is 2.12 bits per heavy atom. The van der Waals surface area contributed by atoms with Crippen molar-refractivity contribution < 1.29 is 9.53 Å². The minimum absolute atomic E-state index is 0.0146. The fourth-order valence-electron chi connectivity index (χ4n) is 2.69. The van der Waals surface area contributed by atoms with E-state index in [2.05, 4.69) is 18.1 Å². The van der Waals surface area contributed by atoms with Gasteiger partial charge in [-0.15, -0.1) is 0 Å². The molecule has 1 fully saturated rings. The van der Waals surface area contributed by atoms with Crippen LogP contribution in [0.3, 0.4) is 0 Å². The number of aryl methyl sites for hydroxylation is 2. The molecule has 0 unspecified atom stereocenters. The second kappa shape index (κ2) is 4.90. The van der Waals surface area contributed by atoms with Crippen molar-refractivity contribution in [3.05, 3.63) is 17.5 Å². The first-order valence-electron chi connectivity index (χ1n) is 6.28. The van der Waals surface area contributed by atoms with Gasteiger partial charge in [0.2, 0.25) is 0 Å². The number of ether oxygens (including phenoxy) is 1. The summed E-state index contributed by atoms with van der Waals surface area (Å²) in [6, 6.07) is 2.28. The third-order valence-corrected chi connectivity index (χ3v) is 3.34. The number of hydrogen-bond acceptors (Lipinski definition) is 3. The molecule has 1 aliphatic rings. The highest BCUT2D eigenvalue weighted by atomic mass is 16.5. The lowest BCUT2D eigenvalue weighted by molar-refractivity contribution is -0.150. The summed E-state index contributed by atoms with van der Waals surface area (Å²) >= 11 is 0. The average molecular weight is 236 g/mol. The molecule has 1 saturated carbocycles. The van der Waals surface area contributed by atoms with Gasteiger partial charge in [0.25, 0.3) is 0 Å². The molecule has 1 aromatic heterocycles. The second-order valence-electron chi connectivity index (χ2n) is 4.87. The number of carbonyl (C=O) groups is 1. The van der Waals surface area contributed by atoms with Crippen LogP contribution in [0.15, 0.2) is 6.07 Å². The highest BCUT2D eigenvalue weighted by molar-refractivity contribution is 5.66. The largest absolute Gasteiger partial charge is 0.460 e. The fourth-order valence-corrected chi connectivity index (χ4v) is 2.69. The average Bonchev–Trinajstić information content (AvgIpc) is 2.58. The molecule has 4 nitrogen and oxygen atoms in total. The van der Waals surface area contributed by atoms with Crippen molar-refractivity contribution in [1.82, 2.24) is 9.78 Å². The summed E-state index contributed by atoms with van der Waals surface area (Å²) in [6.45, 7) is 5.53. The molecule has 4 heteroatoms. The van der Waals surface area contributed by atoms with Crippen LogP contribution in [0, 0.1) is 13.8 Å². The van der Waals surface area contributed by atoms with E-state index in [9.17, 15) is 4.79 Å². The predicted molar refractivity (Wildman–Crippen MR) is 64.8 cm³/mol. The SMILES string of the molecule is CC(=O)O[C@@H]1CCCC[C@H]1n1nc(C)cc1C. The summed E-state index contributed by atoms with van der Waals surface area (Å²) in [5, 5.41) is 4.52. The van der Waals surface area contributed by atoms with Crippen LogP contribution in [0.1, 0.15) is 50.0 Å². The second-order valence-corrected chi connectivity index (χ2v) is 4.87. The maximum absolute atomic E-state index is 11.1. The fraction of sp³-hybridized carbons (Fsp3) is 0.692. The van der Waals surface area contributed by atoms with Gasteiger partial charge < -0.3 is 4.74 Å². The van der Waals surface area contributed by atoms with Gasteiger partial charge in [-0.3, -0.25) is 9.48 Å². The van der Waals surface area contributed by atoms with E-state index in [1.807, 2.05) is 11.6 Å². The van der Waals surface area contributed by atoms with E-state index < -0.39 is 0 Å². The number of esters is 1. The molecule has 1 aliphatic carbocycles. The smallest absolute Gasteiger partial charge is 0.302 e. The zero-order valence-corrected chi connectivity index (χ0v) is 10.8. The molecule has 0 radical (unpaired) electrons. The van der Waals surface area contributed by atoms with Crippen molar-refractivity contribution in [2.75, 3.05) is 0 Å². The van der Waals surface area contributed by atoms with E-state index >= 15 is 0 Å². The Hall–Kier alpha value is -1.32. The van der Waals surface area contributed by atoms with Crippen LogP contribution in [0.4, 0.5) is 0 Å². The Labute approximate surface area is 102 Å². The first-order valence-corrected chi connectivity index (χ1v) is 6.28. The van der Waals surface area contributed by atoms with Gasteiger partial charge in [0.1, 0.15) is 6.10 Å². The molecule has 0 spiro atoms. The first kappa shape index (κ1) is 12.1. The standard InChI is InChI=1S/C13H20N2O2/c1-9-8-10(2)15(14-9)12-6-4-5-7-13(12)17-11(3)16/h8,12-13H,4-7H2,1-3H3/t12-,13-/m1/s1. The molecule has 0 N–H and O–H groups in total. The molecule has 17 heavy (non-hydrogen) atoms. The van der Waals surface area contributed by atoms with Gasteiger partial charge in [0, 0.05) is 12.6 Å². The predicted octanol–water partition coefficient (Wildman–Crippen LogP) is 2.55. The monoisotopic (exact) mass is 236 g/mol. The third kappa shape index (κ3) is 2.68. The molecule has 1 heterocycles. The van der Waals surface area contributed by atoms with Crippen molar-refractivity contribution in [1.29, 1.82) is 0 Å². The molecule has 2 rings (SSSR count). The van der Waals surface area contributed by atoms with Gasteiger partial charge in [-0.25, -0.2) is 0 Å². The van der Waals surface area contributed by atoms with Crippen molar-refractivity contribution in [2.45, 2.75) is 58.6 Å². The van der Waals surface area contributed by atoms with E-state index in [-0.39, 0.29) is 18.1 Å². The summed E-state index contributed by atoms with van der Waals surface area (Å²) < 4.78 is 7.45. The zero-order chi connectivity index (χ0) is 12.4. The van der Waals surface area contributed by atoms with Gasteiger partial charge in [0.15, 0.2) is 0 Å². The number of carbonyl (C=O) groups excluding carboxylic acids is 1. The Morgan fingerprint density at radius 1 is 1.41 bits per heavy atom. The lowest BCUT2D eigenvalue weighted by Gasteiger charge is -2.31. The molecule has 2 atom stereocenters. The number of rotatable bonds is 2. The van der Waals surface area contributed by atoms with E-state index in [1.165, 1.54) is 13.3 Å². The highest BCUT2D eigenvalue weighted by Crippen LogP contribution is 2.31. The van der Waals surface area contributed by atoms with Crippen LogP contribution in [0.5, 0.6) is 0 Å². The van der Waals surface area contributed by atoms with Crippen LogP contribution in [-0.2, 0) is 9.53 Å². The van der Waals surface area contributed by atoms with Crippen molar-refractivity contribution in [3.8, 4) is 0 Å². The normalized spacial score (nSPS) is 24.6. The molecule has 0 saturated heterocycles. The number of hydrogen-bond donors (Lipinski definition) is 0. The summed E-state index contributed by atoms with van der Waals surface area (Å²) in [6.07, 6.45) is 4.29. The number of aromatic nitrogens is 2. The van der Waals surface area contributed by atoms with Crippen LogP contribution in [-0.4, -0.2) is 21.9 Å². The summed E-state index contributed by atoms with van der Waals surface area (Å²) in [5.41, 5.74) is 2.17. The third-order valence-electron chi connectivity index (χ3n) is 3.34. The van der Waals surface area contributed by atoms with Gasteiger partial charge in [-0.2, -0.15) is 5.10 Å². The molecule has 0 amide bonds. The van der Waals surface area contributed by atoms with Crippen LogP contribution < -0.4 is 0 Å². The molecule has 94 valence electrons. The van der Waals surface area contributed by atoms with Crippen LogP contribution in [0.2, 0.25) is 0 Å². The quantitative estimate of drug-likeness (QED) is 0.741. The maximum Gasteiger partial charge on any atom is 0.302 e. The molecular weight excluding hydrogens is 216 g/mol. The minimum Gasteiger partial charge on any atom is -0.460 e. The van der Waals surface area contributed by atoms with Crippen LogP contribution in [0.25, 0.3) is 0 Å². The number of nitrogens with zero attached hydrogens (tertiary/aromatic N) is 2. The Kier molecular flexibility index (Phi) is 3.50. The van der Waals surface area contributed by atoms with Gasteiger partial charge in [-0.1, -0.05) is 6.42 Å². The maximum atomic E-state index is 11.1. The minimum atomic E-state index is -0.191. The van der Waals surface area contributed by atoms with Crippen LogP contribution >= 0.6 is 0 Å². The molecule has 0 bridgehead atoms. The molecule has 1 aromatic rings. The van der Waals surface area contributed by atoms with E-state index in [1.54, 1.807) is 0 Å². The molecule has 0 aliphatic heterocycles. The van der Waals surface area contributed by atoms with E-state index in [4.69, 9.17) is 4.74 Å². The van der Waals surface area contributed by atoms with Gasteiger partial charge in [-0.05, 0) is 39.2 Å². The molecular formula is C13H20N2O2. The Balaban J connectivity index is 2.21. The Morgan fingerprint density at radius 3 is 2.71 bits per heavy atom. The van der Waals surface area contributed by atoms with E-state index in [0.29, 0.717) is 0 Å². The zero-order valence-electron chi connectivity index (χ0n) is 10.8. The first-order chi connectivity index (χ1) is 8.08. The molecule has 0 aromatic carbocycles. The summed E-state index contributed by atoms with van der Waals surface area (Å²) in [7, 11) is 0. The van der Waals surface area contributed by atoms with Crippen molar-refractivity contribution in [2.24, 2.45) is 0 Å². The van der Waals surface area contributed by atoms with Gasteiger partial charge in [0.05, 0.1) is 11.7 Å². The lowest BCUT2D eigenvalue weighted by atomic mass is 9.92. The topological polar surface area (TPSA) is 44.1 Å². The Bertz CT molecular complexity index is 412. The summed E-state index contributed by atoms with van der Waals surface area (Å²) in [4.78, 5) is 11.1. The van der Waals surface area contributed by atoms with Crippen molar-refractivity contribution >= 4 is 5.97 Å². The van der Waals surface area contributed by atoms with Crippen molar-refractivity contribution in [3.63, 3.8) is 0 Å².